The molecule has 0 atom stereocenters. The number of nitriles is 5. The first kappa shape index (κ1) is 118. The van der Waals surface area contributed by atoms with Gasteiger partial charge in [-0.3, -0.25) is 4.57 Å². The normalized spacial score (nSPS) is 10.5. The lowest BCUT2D eigenvalue weighted by Gasteiger charge is -2.10. The molecule has 11 aromatic carbocycles. The number of halogens is 10. The molecule has 7 heterocycles. The number of imidazole rings is 6. The summed E-state index contributed by atoms with van der Waals surface area (Å²) >= 11 is 28.1. The number of carboxylic acid groups (broad SMARTS) is 1. The molecule has 6 aromatic heterocycles. The lowest BCUT2D eigenvalue weighted by Crippen LogP contribution is -2.11. The molecular formula is C104H82F5I5N18O8S7. The van der Waals surface area contributed by atoms with E-state index in [0.717, 1.165) is 90.1 Å². The fourth-order valence-electron chi connectivity index (χ4n) is 11.6. The van der Waals surface area contributed by atoms with Gasteiger partial charge in [0.25, 0.3) is 0 Å². The molecule has 748 valence electrons. The summed E-state index contributed by atoms with van der Waals surface area (Å²) in [7, 11) is 14.6. The van der Waals surface area contributed by atoms with Crippen molar-refractivity contribution >= 4 is 213 Å². The SMILES string of the molecule is CI.CN1C=CCC1=S.COC(=O)c1cc(Oc2ccc(I)cc2)cc(Sc2nccn2C)c1.Cn1ccn(-c2cc(F)cc(C#N)c2)c1=S.Cn1ccnc1Sc1cc(C#N)cc(Oc2ccc(I)cc2)c1.Cn1ccnc1Sc1cc(F)cc(C#N)c1.Cn1ccnc1Sc1cc(F)cc(C#N)c1.Cn1ccnc1Sc1cc(Oc2ccc(I)cc2)cc(C(=O)O)c1.N#Cc1cc(F)cc(F)c1.Oc1ccc(I)cc1. The summed E-state index contributed by atoms with van der Waals surface area (Å²) in [6, 6.07) is 70.7. The maximum Gasteiger partial charge on any atom is 0.338 e. The summed E-state index contributed by atoms with van der Waals surface area (Å²) < 4.78 is 104. The van der Waals surface area contributed by atoms with Crippen LogP contribution in [0.3, 0.4) is 0 Å². The van der Waals surface area contributed by atoms with E-state index in [0.29, 0.717) is 77.0 Å². The molecule has 18 rings (SSSR count). The van der Waals surface area contributed by atoms with Gasteiger partial charge < -0.3 is 61.5 Å². The highest BCUT2D eigenvalue weighted by Gasteiger charge is 2.18. The molecule has 1 aliphatic heterocycles. The molecule has 0 unspecified atom stereocenters. The first-order valence-electron chi connectivity index (χ1n) is 42.2. The van der Waals surface area contributed by atoms with Crippen molar-refractivity contribution in [2.24, 2.45) is 42.3 Å². The number of benzene rings is 11. The molecule has 17 aromatic rings. The van der Waals surface area contributed by atoms with Gasteiger partial charge in [-0.25, -0.2) is 56.5 Å². The van der Waals surface area contributed by atoms with Crippen molar-refractivity contribution in [2.75, 3.05) is 19.1 Å². The first-order chi connectivity index (χ1) is 70.5. The maximum atomic E-state index is 13.2. The Morgan fingerprint density at radius 3 is 0.959 bits per heavy atom. The molecular weight excluding hydrogens is 2580 g/mol. The maximum absolute atomic E-state index is 13.2. The number of methoxy groups -OCH3 is 1. The highest BCUT2D eigenvalue weighted by molar-refractivity contribution is 14.1. The molecule has 26 nitrogen and oxygen atoms in total. The topological polar surface area (TPSA) is 333 Å². The number of phenols is 1. The molecule has 0 radical (unpaired) electrons. The minimum atomic E-state index is -0.996. The van der Waals surface area contributed by atoms with Gasteiger partial charge in [-0.2, -0.15) is 26.3 Å². The summed E-state index contributed by atoms with van der Waals surface area (Å²) in [5, 5.41) is 65.7. The van der Waals surface area contributed by atoms with Crippen molar-refractivity contribution in [1.29, 1.82) is 26.3 Å². The average molecular weight is 2670 g/mol. The average Bonchev–Trinajstić information content (AvgIpc) is 1.69. The number of rotatable bonds is 19. The van der Waals surface area contributed by atoms with Gasteiger partial charge in [0, 0.05) is 181 Å². The third-order valence-corrected chi connectivity index (χ3v) is 27.6. The first-order valence-corrected chi connectivity index (χ1v) is 53.6. The molecule has 0 aliphatic carbocycles. The van der Waals surface area contributed by atoms with E-state index in [1.807, 2.05) is 247 Å². The second-order valence-corrected chi connectivity index (χ2v) is 40.6. The minimum Gasteiger partial charge on any atom is -0.508 e. The Morgan fingerprint density at radius 1 is 0.367 bits per heavy atom. The number of thiocarbonyl (C=S) groups is 1. The lowest BCUT2D eigenvalue weighted by molar-refractivity contribution is 0.0599. The Hall–Kier alpha value is -12.8. The van der Waals surface area contributed by atoms with E-state index in [9.17, 15) is 41.9 Å². The molecule has 43 heteroatoms. The number of phenolic OH excluding ortho intramolecular Hbond substituents is 1. The molecule has 0 spiro atoms. The van der Waals surface area contributed by atoms with Gasteiger partial charge in [0.1, 0.15) is 69.3 Å². The number of aryl methyl sites for hydroxylation is 6. The van der Waals surface area contributed by atoms with E-state index >= 15 is 0 Å². The molecule has 0 fully saturated rings. The summed E-state index contributed by atoms with van der Waals surface area (Å²) in [5.74, 6) is 0.00894. The number of aromatic hydroxyl groups is 1. The molecule has 0 bridgehead atoms. The highest BCUT2D eigenvalue weighted by atomic mass is 127. The van der Waals surface area contributed by atoms with Crippen molar-refractivity contribution in [1.82, 2.24) is 61.8 Å². The number of ether oxygens (including phenoxy) is 4. The standard InChI is InChI=1S/C18H15IN2O3S.C17H12IN3OS.C17H13IN2O3S.3C11H8FN3S.C7H3F2N.C6H5IO.C5H7NS.CH3I/c1-21-8-7-20-18(21)25-16-10-12(17(22)23-2)9-15(11-16)24-14-5-3-13(19)4-6-14;1-21-7-6-20-17(21)23-16-9-12(11-19)8-15(10-16)22-14-4-2-13(18)3-5-14;1-20-7-6-19-17(20)24-15-9-11(16(21)22)8-14(10-15)23-13-4-2-12(18)3-5-13;2*1-15-3-2-14-11(15)16-10-5-8(7-13)4-9(12)6-10;1-14-2-3-15(11(14)16)10-5-8(7-13)4-9(12)6-10;8-6-1-5(4-10)2-7(9)3-6;7-5-1-3-6(8)4-2-5;1-6-4-2-3-5(6)7;1-2/h3-11H,1-2H3;2-10H,1H3;2-10H,1H3,(H,21,22);3*2-6H,1H3;1-3H;1-4,8H;2,4H,3H2,1H3;1H3. The number of carbonyl (C=O) groups excluding carboxylic acids is 1. The Morgan fingerprint density at radius 2 is 0.667 bits per heavy atom. The Bertz CT molecular complexity index is 7550. The van der Waals surface area contributed by atoms with E-state index < -0.39 is 41.0 Å². The quantitative estimate of drug-likeness (QED) is 0.0250. The van der Waals surface area contributed by atoms with Crippen molar-refractivity contribution in [3.63, 3.8) is 0 Å². The van der Waals surface area contributed by atoms with Gasteiger partial charge in [-0.05, 0) is 326 Å². The third-order valence-electron chi connectivity index (χ3n) is 18.6. The van der Waals surface area contributed by atoms with Crippen LogP contribution in [0.2, 0.25) is 0 Å². The predicted octanol–water partition coefficient (Wildman–Crippen LogP) is 28.0. The zero-order valence-electron chi connectivity index (χ0n) is 78.7. The fourth-order valence-corrected chi connectivity index (χ4v) is 17.9. The van der Waals surface area contributed by atoms with Crippen LogP contribution in [-0.4, -0.2) is 108 Å². The number of hydrogen-bond donors (Lipinski definition) is 2. The summed E-state index contributed by atoms with van der Waals surface area (Å²) in [6.07, 6.45) is 26.3. The van der Waals surface area contributed by atoms with Crippen LogP contribution >= 0.6 is 196 Å². The lowest BCUT2D eigenvalue weighted by atomic mass is 10.2. The van der Waals surface area contributed by atoms with Gasteiger partial charge in [0.05, 0.1) is 87.1 Å². The van der Waals surface area contributed by atoms with Crippen molar-refractivity contribution in [3.8, 4) is 76.3 Å². The van der Waals surface area contributed by atoms with Crippen LogP contribution in [0.25, 0.3) is 5.69 Å². The number of carboxylic acids is 1. The number of aromatic nitrogens is 12. The van der Waals surface area contributed by atoms with Crippen LogP contribution in [0.5, 0.6) is 40.2 Å². The van der Waals surface area contributed by atoms with E-state index in [1.54, 1.807) is 113 Å². The molecule has 0 saturated carbocycles. The smallest absolute Gasteiger partial charge is 0.338 e. The monoisotopic (exact) mass is 2660 g/mol. The zero-order valence-corrected chi connectivity index (χ0v) is 95.2. The molecule has 2 N–H and O–H groups in total. The molecule has 0 saturated heterocycles. The molecule has 0 amide bonds. The van der Waals surface area contributed by atoms with Gasteiger partial charge >= 0.3 is 11.9 Å². The second kappa shape index (κ2) is 60.5. The number of aromatic carboxylic acids is 1. The van der Waals surface area contributed by atoms with E-state index in [2.05, 4.69) is 150 Å². The van der Waals surface area contributed by atoms with Gasteiger partial charge in [0.2, 0.25) is 0 Å². The number of alkyl halides is 1. The summed E-state index contributed by atoms with van der Waals surface area (Å²) in [5.41, 5.74) is 2.63. The van der Waals surface area contributed by atoms with Crippen LogP contribution in [0, 0.1) is 105 Å². The number of nitrogens with zero attached hydrogens (tertiary/aromatic N) is 18. The van der Waals surface area contributed by atoms with Gasteiger partial charge in [-0.15, -0.1) is 0 Å². The Kier molecular flexibility index (Phi) is 48.4. The number of carbonyl (C=O) groups is 2. The van der Waals surface area contributed by atoms with Crippen LogP contribution in [0.4, 0.5) is 22.0 Å². The predicted molar refractivity (Wildman–Crippen MR) is 605 cm³/mol. The summed E-state index contributed by atoms with van der Waals surface area (Å²) in [4.78, 5) is 53.2. The van der Waals surface area contributed by atoms with Crippen molar-refractivity contribution in [3.05, 3.63) is 398 Å². The number of esters is 1. The van der Waals surface area contributed by atoms with E-state index in [-0.39, 0.29) is 16.7 Å². The third kappa shape index (κ3) is 39.7. The zero-order chi connectivity index (χ0) is 107. The van der Waals surface area contributed by atoms with Crippen LogP contribution in [0.15, 0.2) is 361 Å². The molecule has 147 heavy (non-hydrogen) atoms. The Balaban J connectivity index is 0.000000188. The van der Waals surface area contributed by atoms with Crippen LogP contribution in [-0.2, 0) is 47.0 Å². The van der Waals surface area contributed by atoms with Crippen LogP contribution < -0.4 is 14.2 Å². The minimum absolute atomic E-state index is 0.00231. The van der Waals surface area contributed by atoms with Crippen LogP contribution in [0.1, 0.15) is 55.0 Å². The highest BCUT2D eigenvalue weighted by Crippen LogP contribution is 2.38. The molecule has 1 aliphatic rings. The van der Waals surface area contributed by atoms with Crippen molar-refractivity contribution in [2.45, 2.75) is 56.7 Å². The van der Waals surface area contributed by atoms with E-state index in [4.69, 9.17) is 69.5 Å². The van der Waals surface area contributed by atoms with Gasteiger partial charge in [0.15, 0.2) is 30.6 Å². The van der Waals surface area contributed by atoms with Crippen molar-refractivity contribution < 1.29 is 60.7 Å². The van der Waals surface area contributed by atoms with E-state index in [1.165, 1.54) is 108 Å². The fraction of sp³-hybridized carbons (Fsp3) is 0.0962. The van der Waals surface area contributed by atoms with Gasteiger partial charge in [-0.1, -0.05) is 99.7 Å². The Labute approximate surface area is 944 Å². The largest absolute Gasteiger partial charge is 0.508 e. The summed E-state index contributed by atoms with van der Waals surface area (Å²) in [6.45, 7) is 0. The number of hydrogen-bond acceptors (Lipinski definition) is 24. The second-order valence-electron chi connectivity index (χ2n) is 29.6.